The topological polar surface area (TPSA) is 79.5 Å². The molecule has 0 aliphatic heterocycles. The summed E-state index contributed by atoms with van der Waals surface area (Å²) in [4.78, 5) is 23.9. The van der Waals surface area contributed by atoms with Crippen molar-refractivity contribution in [2.24, 2.45) is 0 Å². The van der Waals surface area contributed by atoms with Gasteiger partial charge in [-0.2, -0.15) is 0 Å². The molecule has 2 aromatic rings. The van der Waals surface area contributed by atoms with Gasteiger partial charge in [-0.15, -0.1) is 0 Å². The van der Waals surface area contributed by atoms with Crippen molar-refractivity contribution in [3.63, 3.8) is 0 Å². The second-order valence-corrected chi connectivity index (χ2v) is 6.06. The van der Waals surface area contributed by atoms with Gasteiger partial charge in [-0.25, -0.2) is 0 Å². The zero-order valence-electron chi connectivity index (χ0n) is 13.8. The Balaban J connectivity index is 1.82. The number of benzene rings is 2. The Morgan fingerprint density at radius 3 is 2.48 bits per heavy atom. The number of carbonyl (C=O) groups excluding carboxylic acids is 2. The Bertz CT molecular complexity index is 720. The molecule has 0 aliphatic carbocycles. The van der Waals surface area contributed by atoms with Crippen molar-refractivity contribution in [3.05, 3.63) is 58.6 Å². The lowest BCUT2D eigenvalue weighted by Gasteiger charge is -2.10. The van der Waals surface area contributed by atoms with Crippen molar-refractivity contribution in [1.82, 2.24) is 5.32 Å². The predicted octanol–water partition coefficient (Wildman–Crippen LogP) is 2.88. The molecule has 3 N–H and O–H groups in total. The van der Waals surface area contributed by atoms with Gasteiger partial charge in [-0.3, -0.25) is 9.59 Å². The number of hydrogen-bond donors (Lipinski definition) is 3. The molecule has 2 amide bonds. The van der Waals surface area contributed by atoms with Crippen molar-refractivity contribution in [2.75, 3.05) is 37.4 Å². The average molecular weight is 406 g/mol. The highest BCUT2D eigenvalue weighted by atomic mass is 79.9. The standard InChI is InChI=1S/C18H20BrN3O3/c1-25-11-10-20-18(24)13-6-8-14(9-7-13)21-12-17(23)22-16-5-3-2-4-15(16)19/h2-9,21H,10-12H2,1H3,(H,20,24)(H,22,23). The maximum Gasteiger partial charge on any atom is 0.251 e. The van der Waals surface area contributed by atoms with Crippen LogP contribution in [0.2, 0.25) is 0 Å². The summed E-state index contributed by atoms with van der Waals surface area (Å²) in [5, 5.41) is 8.59. The molecule has 2 aromatic carbocycles. The Hall–Kier alpha value is -2.38. The summed E-state index contributed by atoms with van der Waals surface area (Å²) < 4.78 is 5.71. The van der Waals surface area contributed by atoms with Gasteiger partial charge in [0.15, 0.2) is 0 Å². The second-order valence-electron chi connectivity index (χ2n) is 5.21. The number of methoxy groups -OCH3 is 1. The number of carbonyl (C=O) groups is 2. The van der Waals surface area contributed by atoms with E-state index in [1.807, 2.05) is 24.3 Å². The zero-order valence-corrected chi connectivity index (χ0v) is 15.4. The van der Waals surface area contributed by atoms with Crippen LogP contribution in [0.3, 0.4) is 0 Å². The number of nitrogens with one attached hydrogen (secondary N) is 3. The number of para-hydroxylation sites is 1. The first-order valence-electron chi connectivity index (χ1n) is 7.75. The summed E-state index contributed by atoms with van der Waals surface area (Å²) in [6, 6.07) is 14.3. The van der Waals surface area contributed by atoms with Crippen LogP contribution in [0.1, 0.15) is 10.4 Å². The van der Waals surface area contributed by atoms with Crippen LogP contribution >= 0.6 is 15.9 Å². The highest BCUT2D eigenvalue weighted by Gasteiger charge is 2.07. The Morgan fingerprint density at radius 1 is 1.08 bits per heavy atom. The lowest BCUT2D eigenvalue weighted by Crippen LogP contribution is -2.26. The smallest absolute Gasteiger partial charge is 0.251 e. The summed E-state index contributed by atoms with van der Waals surface area (Å²) in [7, 11) is 1.58. The number of hydrogen-bond acceptors (Lipinski definition) is 4. The van der Waals surface area contributed by atoms with Crippen LogP contribution in [0.4, 0.5) is 11.4 Å². The first-order chi connectivity index (χ1) is 12.1. The molecule has 0 radical (unpaired) electrons. The van der Waals surface area contributed by atoms with Crippen LogP contribution in [-0.2, 0) is 9.53 Å². The fourth-order valence-corrected chi connectivity index (χ4v) is 2.43. The molecule has 0 bridgehead atoms. The SMILES string of the molecule is COCCNC(=O)c1ccc(NCC(=O)Nc2ccccc2Br)cc1. The van der Waals surface area contributed by atoms with Gasteiger partial charge in [0, 0.05) is 29.4 Å². The number of halogens is 1. The largest absolute Gasteiger partial charge is 0.383 e. The molecule has 0 saturated heterocycles. The molecular formula is C18H20BrN3O3. The molecule has 0 spiro atoms. The third-order valence-corrected chi connectivity index (χ3v) is 4.03. The van der Waals surface area contributed by atoms with E-state index in [1.165, 1.54) is 0 Å². The fraction of sp³-hybridized carbons (Fsp3) is 0.222. The minimum absolute atomic E-state index is 0.126. The number of anilines is 2. The van der Waals surface area contributed by atoms with Crippen molar-refractivity contribution in [1.29, 1.82) is 0 Å². The molecule has 0 unspecified atom stereocenters. The van der Waals surface area contributed by atoms with E-state index in [2.05, 4.69) is 31.9 Å². The van der Waals surface area contributed by atoms with Crippen LogP contribution in [0.5, 0.6) is 0 Å². The van der Waals surface area contributed by atoms with Gasteiger partial charge in [0.25, 0.3) is 5.91 Å². The molecule has 0 fully saturated rings. The van der Waals surface area contributed by atoms with Crippen LogP contribution < -0.4 is 16.0 Å². The average Bonchev–Trinajstić information content (AvgIpc) is 2.62. The van der Waals surface area contributed by atoms with E-state index >= 15 is 0 Å². The third kappa shape index (κ3) is 6.21. The molecule has 0 heterocycles. The van der Waals surface area contributed by atoms with E-state index in [4.69, 9.17) is 4.74 Å². The molecule has 0 atom stereocenters. The van der Waals surface area contributed by atoms with Gasteiger partial charge in [-0.1, -0.05) is 12.1 Å². The van der Waals surface area contributed by atoms with E-state index in [1.54, 1.807) is 31.4 Å². The normalized spacial score (nSPS) is 10.2. The maximum absolute atomic E-state index is 12.0. The first kappa shape index (κ1) is 19.0. The van der Waals surface area contributed by atoms with Crippen LogP contribution in [0, 0.1) is 0 Å². The monoisotopic (exact) mass is 405 g/mol. The molecule has 7 heteroatoms. The van der Waals surface area contributed by atoms with Crippen molar-refractivity contribution >= 4 is 39.1 Å². The summed E-state index contributed by atoms with van der Waals surface area (Å²) in [6.45, 7) is 1.06. The van der Waals surface area contributed by atoms with Crippen LogP contribution in [-0.4, -0.2) is 38.6 Å². The predicted molar refractivity (Wildman–Crippen MR) is 102 cm³/mol. The quantitative estimate of drug-likeness (QED) is 0.589. The summed E-state index contributed by atoms with van der Waals surface area (Å²) in [6.07, 6.45) is 0. The van der Waals surface area contributed by atoms with Crippen molar-refractivity contribution in [3.8, 4) is 0 Å². The highest BCUT2D eigenvalue weighted by Crippen LogP contribution is 2.21. The molecule has 0 saturated carbocycles. The van der Waals surface area contributed by atoms with Gasteiger partial charge in [-0.05, 0) is 52.3 Å². The van der Waals surface area contributed by atoms with Gasteiger partial charge in [0.05, 0.1) is 18.8 Å². The second kappa shape index (κ2) is 9.80. The Morgan fingerprint density at radius 2 is 1.80 bits per heavy atom. The van der Waals surface area contributed by atoms with Gasteiger partial charge < -0.3 is 20.7 Å². The molecule has 0 aliphatic rings. The number of amides is 2. The number of ether oxygens (including phenoxy) is 1. The lowest BCUT2D eigenvalue weighted by atomic mass is 10.2. The summed E-state index contributed by atoms with van der Waals surface area (Å²) in [5.74, 6) is -0.316. The minimum atomic E-state index is -0.159. The van der Waals surface area contributed by atoms with E-state index in [-0.39, 0.29) is 18.4 Å². The van der Waals surface area contributed by atoms with E-state index < -0.39 is 0 Å². The third-order valence-electron chi connectivity index (χ3n) is 3.34. The lowest BCUT2D eigenvalue weighted by molar-refractivity contribution is -0.114. The number of rotatable bonds is 8. The Labute approximate surface area is 155 Å². The maximum atomic E-state index is 12.0. The highest BCUT2D eigenvalue weighted by molar-refractivity contribution is 9.10. The fourth-order valence-electron chi connectivity index (χ4n) is 2.05. The van der Waals surface area contributed by atoms with Crippen molar-refractivity contribution < 1.29 is 14.3 Å². The van der Waals surface area contributed by atoms with Gasteiger partial charge in [0.2, 0.25) is 5.91 Å². The van der Waals surface area contributed by atoms with Gasteiger partial charge >= 0.3 is 0 Å². The molecule has 6 nitrogen and oxygen atoms in total. The molecule has 25 heavy (non-hydrogen) atoms. The summed E-state index contributed by atoms with van der Waals surface area (Å²) >= 11 is 3.38. The molecule has 0 aromatic heterocycles. The van der Waals surface area contributed by atoms with Crippen LogP contribution in [0.15, 0.2) is 53.0 Å². The van der Waals surface area contributed by atoms with Gasteiger partial charge in [0.1, 0.15) is 0 Å². The first-order valence-corrected chi connectivity index (χ1v) is 8.55. The summed E-state index contributed by atoms with van der Waals surface area (Å²) in [5.41, 5.74) is 2.03. The Kier molecular flexibility index (Phi) is 7.43. The van der Waals surface area contributed by atoms with E-state index in [0.29, 0.717) is 18.7 Å². The molecule has 132 valence electrons. The van der Waals surface area contributed by atoms with Crippen molar-refractivity contribution in [2.45, 2.75) is 0 Å². The van der Waals surface area contributed by atoms with E-state index in [0.717, 1.165) is 15.8 Å². The molecular weight excluding hydrogens is 386 g/mol. The van der Waals surface area contributed by atoms with E-state index in [9.17, 15) is 9.59 Å². The zero-order chi connectivity index (χ0) is 18.1. The minimum Gasteiger partial charge on any atom is -0.383 e. The van der Waals surface area contributed by atoms with Crippen LogP contribution in [0.25, 0.3) is 0 Å². The molecule has 2 rings (SSSR count).